The lowest BCUT2D eigenvalue weighted by molar-refractivity contribution is -0.167. The van der Waals surface area contributed by atoms with Crippen molar-refractivity contribution in [1.29, 1.82) is 0 Å². The molecule has 1 aromatic rings. The first-order valence-corrected chi connectivity index (χ1v) is 5.08. The van der Waals surface area contributed by atoms with Crippen molar-refractivity contribution in [2.24, 2.45) is 0 Å². The Bertz CT molecular complexity index is 500. The molecular weight excluding hydrogens is 265 g/mol. The van der Waals surface area contributed by atoms with Gasteiger partial charge in [0.15, 0.2) is 0 Å². The standard InChI is InChI=1S/C11H11F3N2O3/c1-6(17)15-7-3-4-9(19-2)8(5-7)16-10(18)11(12,13)14/h3-5H,1-2H3,(H,15,17)(H,16,18). The summed E-state index contributed by atoms with van der Waals surface area (Å²) < 4.78 is 41.3. The van der Waals surface area contributed by atoms with Crippen LogP contribution in [-0.4, -0.2) is 25.1 Å². The van der Waals surface area contributed by atoms with Crippen LogP contribution in [0.2, 0.25) is 0 Å². The molecular formula is C11H11F3N2O3. The maximum atomic E-state index is 12.2. The monoisotopic (exact) mass is 276 g/mol. The van der Waals surface area contributed by atoms with E-state index in [2.05, 4.69) is 5.32 Å². The number of carbonyl (C=O) groups excluding carboxylic acids is 2. The summed E-state index contributed by atoms with van der Waals surface area (Å²) in [6.07, 6.45) is -5.00. The van der Waals surface area contributed by atoms with E-state index in [1.807, 2.05) is 0 Å². The van der Waals surface area contributed by atoms with Crippen LogP contribution in [0.15, 0.2) is 18.2 Å². The van der Waals surface area contributed by atoms with Crippen LogP contribution in [0, 0.1) is 0 Å². The Hall–Kier alpha value is -2.25. The van der Waals surface area contributed by atoms with E-state index < -0.39 is 18.0 Å². The van der Waals surface area contributed by atoms with E-state index in [0.29, 0.717) is 0 Å². The minimum Gasteiger partial charge on any atom is -0.495 e. The summed E-state index contributed by atoms with van der Waals surface area (Å²) in [6, 6.07) is 3.94. The molecule has 0 aliphatic carbocycles. The average Bonchev–Trinajstić information content (AvgIpc) is 2.27. The van der Waals surface area contributed by atoms with Gasteiger partial charge in [0.05, 0.1) is 12.8 Å². The quantitative estimate of drug-likeness (QED) is 0.889. The number of hydrogen-bond acceptors (Lipinski definition) is 3. The fraction of sp³-hybridized carbons (Fsp3) is 0.273. The molecule has 0 radical (unpaired) electrons. The number of alkyl halides is 3. The molecule has 0 heterocycles. The summed E-state index contributed by atoms with van der Waals surface area (Å²) in [6.45, 7) is 1.25. The van der Waals surface area contributed by atoms with Gasteiger partial charge in [0.2, 0.25) is 5.91 Å². The van der Waals surface area contributed by atoms with Crippen molar-refractivity contribution >= 4 is 23.2 Å². The van der Waals surface area contributed by atoms with Crippen molar-refractivity contribution in [2.75, 3.05) is 17.7 Å². The first-order valence-electron chi connectivity index (χ1n) is 5.08. The van der Waals surface area contributed by atoms with Crippen LogP contribution in [0.4, 0.5) is 24.5 Å². The molecule has 0 fully saturated rings. The number of anilines is 2. The first kappa shape index (κ1) is 14.8. The van der Waals surface area contributed by atoms with Gasteiger partial charge in [-0.1, -0.05) is 0 Å². The highest BCUT2D eigenvalue weighted by atomic mass is 19.4. The second-order valence-electron chi connectivity index (χ2n) is 3.55. The van der Waals surface area contributed by atoms with Crippen LogP contribution >= 0.6 is 0 Å². The number of benzene rings is 1. The fourth-order valence-corrected chi connectivity index (χ4v) is 1.28. The van der Waals surface area contributed by atoms with Crippen LogP contribution in [0.1, 0.15) is 6.92 Å². The highest BCUT2D eigenvalue weighted by Crippen LogP contribution is 2.29. The fourth-order valence-electron chi connectivity index (χ4n) is 1.28. The predicted molar refractivity (Wildman–Crippen MR) is 62.0 cm³/mol. The zero-order valence-electron chi connectivity index (χ0n) is 10.1. The molecule has 1 rings (SSSR count). The van der Waals surface area contributed by atoms with Crippen LogP contribution in [0.3, 0.4) is 0 Å². The molecule has 0 unspecified atom stereocenters. The zero-order chi connectivity index (χ0) is 14.6. The number of methoxy groups -OCH3 is 1. The SMILES string of the molecule is COc1ccc(NC(C)=O)cc1NC(=O)C(F)(F)F. The molecule has 0 aliphatic heterocycles. The van der Waals surface area contributed by atoms with E-state index in [1.54, 1.807) is 5.32 Å². The number of ether oxygens (including phenoxy) is 1. The van der Waals surface area contributed by atoms with E-state index in [-0.39, 0.29) is 17.1 Å². The lowest BCUT2D eigenvalue weighted by Gasteiger charge is -2.13. The molecule has 2 N–H and O–H groups in total. The summed E-state index contributed by atoms with van der Waals surface area (Å²) in [5.74, 6) is -2.46. The maximum absolute atomic E-state index is 12.2. The predicted octanol–water partition coefficient (Wildman–Crippen LogP) is 2.15. The highest BCUT2D eigenvalue weighted by molar-refractivity contribution is 5.97. The Morgan fingerprint density at radius 3 is 2.32 bits per heavy atom. The lowest BCUT2D eigenvalue weighted by Crippen LogP contribution is -2.30. The second kappa shape index (κ2) is 5.59. The largest absolute Gasteiger partial charge is 0.495 e. The Labute approximate surface area is 106 Å². The molecule has 0 aromatic heterocycles. The summed E-state index contributed by atoms with van der Waals surface area (Å²) in [5, 5.41) is 4.06. The number of nitrogens with one attached hydrogen (secondary N) is 2. The van der Waals surface area contributed by atoms with Crippen LogP contribution in [-0.2, 0) is 9.59 Å². The summed E-state index contributed by atoms with van der Waals surface area (Å²) in [5.41, 5.74) is 0.0573. The number of carbonyl (C=O) groups is 2. The van der Waals surface area contributed by atoms with Crippen molar-refractivity contribution in [3.63, 3.8) is 0 Å². The minimum absolute atomic E-state index is 0.0479. The summed E-state index contributed by atoms with van der Waals surface area (Å²) in [4.78, 5) is 21.7. The van der Waals surface area contributed by atoms with Crippen LogP contribution in [0.25, 0.3) is 0 Å². The van der Waals surface area contributed by atoms with Gasteiger partial charge in [-0.25, -0.2) is 0 Å². The van der Waals surface area contributed by atoms with E-state index in [1.165, 1.54) is 32.2 Å². The van der Waals surface area contributed by atoms with Gasteiger partial charge < -0.3 is 15.4 Å². The number of rotatable bonds is 3. The maximum Gasteiger partial charge on any atom is 0.471 e. The number of hydrogen-bond donors (Lipinski definition) is 2. The third-order valence-corrected chi connectivity index (χ3v) is 2.03. The topological polar surface area (TPSA) is 67.4 Å². The molecule has 5 nitrogen and oxygen atoms in total. The van der Waals surface area contributed by atoms with Gasteiger partial charge >= 0.3 is 12.1 Å². The molecule has 19 heavy (non-hydrogen) atoms. The summed E-state index contributed by atoms with van der Waals surface area (Å²) in [7, 11) is 1.25. The Balaban J connectivity index is 3.02. The smallest absolute Gasteiger partial charge is 0.471 e. The summed E-state index contributed by atoms with van der Waals surface area (Å²) >= 11 is 0. The second-order valence-corrected chi connectivity index (χ2v) is 3.55. The molecule has 0 saturated carbocycles. The van der Waals surface area contributed by atoms with Crippen molar-refractivity contribution in [3.05, 3.63) is 18.2 Å². The lowest BCUT2D eigenvalue weighted by atomic mass is 10.2. The third-order valence-electron chi connectivity index (χ3n) is 2.03. The van der Waals surface area contributed by atoms with E-state index in [9.17, 15) is 22.8 Å². The van der Waals surface area contributed by atoms with E-state index in [4.69, 9.17) is 4.74 Å². The molecule has 8 heteroatoms. The third kappa shape index (κ3) is 4.16. The molecule has 2 amide bonds. The van der Waals surface area contributed by atoms with Crippen LogP contribution < -0.4 is 15.4 Å². The molecule has 104 valence electrons. The van der Waals surface area contributed by atoms with Gasteiger partial charge in [-0.2, -0.15) is 13.2 Å². The van der Waals surface area contributed by atoms with Gasteiger partial charge in [0.25, 0.3) is 0 Å². The normalized spacial score (nSPS) is 10.8. The van der Waals surface area contributed by atoms with Crippen molar-refractivity contribution in [2.45, 2.75) is 13.1 Å². The average molecular weight is 276 g/mol. The molecule has 0 spiro atoms. The number of amides is 2. The molecule has 0 aliphatic rings. The molecule has 1 aromatic carbocycles. The first-order chi connectivity index (χ1) is 8.74. The van der Waals surface area contributed by atoms with Crippen molar-refractivity contribution in [1.82, 2.24) is 0 Å². The van der Waals surface area contributed by atoms with Crippen LogP contribution in [0.5, 0.6) is 5.75 Å². The van der Waals surface area contributed by atoms with Gasteiger partial charge in [-0.15, -0.1) is 0 Å². The zero-order valence-corrected chi connectivity index (χ0v) is 10.1. The van der Waals surface area contributed by atoms with Crippen molar-refractivity contribution in [3.8, 4) is 5.75 Å². The van der Waals surface area contributed by atoms with Gasteiger partial charge in [0, 0.05) is 12.6 Å². The number of halogens is 3. The van der Waals surface area contributed by atoms with Gasteiger partial charge in [-0.3, -0.25) is 9.59 Å². The minimum atomic E-state index is -5.00. The Morgan fingerprint density at radius 1 is 1.21 bits per heavy atom. The highest BCUT2D eigenvalue weighted by Gasteiger charge is 2.39. The van der Waals surface area contributed by atoms with E-state index >= 15 is 0 Å². The molecule has 0 bridgehead atoms. The van der Waals surface area contributed by atoms with Gasteiger partial charge in [0.1, 0.15) is 5.75 Å². The molecule has 0 atom stereocenters. The molecule has 0 saturated heterocycles. The Morgan fingerprint density at radius 2 is 1.84 bits per heavy atom. The van der Waals surface area contributed by atoms with E-state index in [0.717, 1.165) is 0 Å². The van der Waals surface area contributed by atoms with Crippen molar-refractivity contribution < 1.29 is 27.5 Å². The Kier molecular flexibility index (Phi) is 4.36. The van der Waals surface area contributed by atoms with Gasteiger partial charge in [-0.05, 0) is 18.2 Å².